The molecule has 0 atom stereocenters. The zero-order valence-electron chi connectivity index (χ0n) is 14.4. The van der Waals surface area contributed by atoms with Crippen molar-refractivity contribution in [2.24, 2.45) is 0 Å². The molecule has 0 saturated heterocycles. The number of rotatable bonds is 2. The van der Waals surface area contributed by atoms with Crippen LogP contribution in [0.5, 0.6) is 0 Å². The van der Waals surface area contributed by atoms with Crippen LogP contribution in [0.2, 0.25) is 0 Å². The summed E-state index contributed by atoms with van der Waals surface area (Å²) in [5, 5.41) is 13.7. The van der Waals surface area contributed by atoms with Crippen LogP contribution >= 0.6 is 0 Å². The maximum atomic E-state index is 9.81. The standard InChI is InChI=1S/C21H22N4/c22-13-17-15-9-6-10-16(15)20(23-14-7-2-1-3-8-14)25-19-12-5-4-11-18(19)24-21(17)25/h4-5,11-12,14,23H,1-3,6-10H2. The van der Waals surface area contributed by atoms with Gasteiger partial charge in [0.1, 0.15) is 11.9 Å². The summed E-state index contributed by atoms with van der Waals surface area (Å²) in [5.41, 5.74) is 6.23. The lowest BCUT2D eigenvalue weighted by molar-refractivity contribution is 0.461. The SMILES string of the molecule is N#Cc1c2c(c(NC3CCCCC3)n3c1nc1ccccc13)CCC2. The Bertz CT molecular complexity index is 1000. The molecule has 2 aliphatic rings. The second kappa shape index (κ2) is 5.77. The monoisotopic (exact) mass is 330 g/mol. The van der Waals surface area contributed by atoms with Crippen LogP contribution in [0.3, 0.4) is 0 Å². The molecule has 1 aromatic carbocycles. The van der Waals surface area contributed by atoms with Crippen LogP contribution in [0.4, 0.5) is 5.82 Å². The lowest BCUT2D eigenvalue weighted by Gasteiger charge is -2.26. The van der Waals surface area contributed by atoms with Gasteiger partial charge in [0.05, 0.1) is 16.6 Å². The van der Waals surface area contributed by atoms with E-state index in [4.69, 9.17) is 4.98 Å². The number of nitrogens with zero attached hydrogens (tertiary/aromatic N) is 3. The van der Waals surface area contributed by atoms with Crippen molar-refractivity contribution in [1.29, 1.82) is 5.26 Å². The fourth-order valence-corrected chi connectivity index (χ4v) is 4.68. The molecule has 0 bridgehead atoms. The van der Waals surface area contributed by atoms with Gasteiger partial charge in [0.2, 0.25) is 0 Å². The molecule has 0 radical (unpaired) electrons. The molecular formula is C21H22N4. The largest absolute Gasteiger partial charge is 0.368 e. The van der Waals surface area contributed by atoms with E-state index >= 15 is 0 Å². The molecule has 126 valence electrons. The van der Waals surface area contributed by atoms with Crippen LogP contribution in [0, 0.1) is 11.3 Å². The molecule has 1 fully saturated rings. The summed E-state index contributed by atoms with van der Waals surface area (Å²) in [4.78, 5) is 4.82. The summed E-state index contributed by atoms with van der Waals surface area (Å²) < 4.78 is 2.21. The zero-order chi connectivity index (χ0) is 16.8. The second-order valence-electron chi connectivity index (χ2n) is 7.38. The molecular weight excluding hydrogens is 308 g/mol. The van der Waals surface area contributed by atoms with Crippen molar-refractivity contribution in [2.45, 2.75) is 57.4 Å². The van der Waals surface area contributed by atoms with Gasteiger partial charge in [0.25, 0.3) is 0 Å². The Morgan fingerprint density at radius 2 is 1.84 bits per heavy atom. The third-order valence-corrected chi connectivity index (χ3v) is 5.87. The van der Waals surface area contributed by atoms with E-state index in [2.05, 4.69) is 27.9 Å². The molecule has 1 N–H and O–H groups in total. The maximum Gasteiger partial charge on any atom is 0.157 e. The molecule has 5 rings (SSSR count). The maximum absolute atomic E-state index is 9.81. The van der Waals surface area contributed by atoms with Crippen LogP contribution in [0.1, 0.15) is 55.2 Å². The third-order valence-electron chi connectivity index (χ3n) is 5.87. The topological polar surface area (TPSA) is 53.1 Å². The van der Waals surface area contributed by atoms with Gasteiger partial charge in [-0.25, -0.2) is 4.98 Å². The molecule has 3 aromatic rings. The van der Waals surface area contributed by atoms with Gasteiger partial charge in [0, 0.05) is 6.04 Å². The van der Waals surface area contributed by atoms with E-state index in [1.54, 1.807) is 0 Å². The first-order valence-corrected chi connectivity index (χ1v) is 9.48. The van der Waals surface area contributed by atoms with Gasteiger partial charge in [-0.3, -0.25) is 4.40 Å². The highest BCUT2D eigenvalue weighted by Gasteiger charge is 2.27. The van der Waals surface area contributed by atoms with Crippen molar-refractivity contribution >= 4 is 22.5 Å². The molecule has 25 heavy (non-hydrogen) atoms. The highest BCUT2D eigenvalue weighted by molar-refractivity contribution is 5.86. The number of pyridine rings is 1. The fourth-order valence-electron chi connectivity index (χ4n) is 4.68. The summed E-state index contributed by atoms with van der Waals surface area (Å²) in [7, 11) is 0. The molecule has 2 aliphatic carbocycles. The number of imidazole rings is 1. The lowest BCUT2D eigenvalue weighted by atomic mass is 9.95. The molecule has 1 saturated carbocycles. The van der Waals surface area contributed by atoms with E-state index < -0.39 is 0 Å². The van der Waals surface area contributed by atoms with Crippen LogP contribution in [0.25, 0.3) is 16.7 Å². The Morgan fingerprint density at radius 3 is 2.68 bits per heavy atom. The van der Waals surface area contributed by atoms with Crippen molar-refractivity contribution in [3.63, 3.8) is 0 Å². The van der Waals surface area contributed by atoms with Gasteiger partial charge in [-0.05, 0) is 55.4 Å². The van der Waals surface area contributed by atoms with Crippen molar-refractivity contribution in [2.75, 3.05) is 5.32 Å². The molecule has 0 spiro atoms. The average molecular weight is 330 g/mol. The predicted octanol–water partition coefficient (Wildman–Crippen LogP) is 4.59. The molecule has 4 heteroatoms. The average Bonchev–Trinajstić information content (AvgIpc) is 3.27. The Labute approximate surface area is 147 Å². The van der Waals surface area contributed by atoms with Crippen LogP contribution in [-0.2, 0) is 12.8 Å². The molecule has 0 amide bonds. The number of benzene rings is 1. The van der Waals surface area contributed by atoms with E-state index in [1.165, 1.54) is 49.0 Å². The molecule has 2 aromatic heterocycles. The number of hydrogen-bond donors (Lipinski definition) is 1. The quantitative estimate of drug-likeness (QED) is 0.747. The number of aromatic nitrogens is 2. The number of anilines is 1. The van der Waals surface area contributed by atoms with Gasteiger partial charge in [-0.2, -0.15) is 5.26 Å². The Balaban J connectivity index is 1.80. The van der Waals surface area contributed by atoms with E-state index in [0.29, 0.717) is 6.04 Å². The van der Waals surface area contributed by atoms with Crippen LogP contribution in [-0.4, -0.2) is 15.4 Å². The Kier molecular flexibility index (Phi) is 3.41. The van der Waals surface area contributed by atoms with Crippen molar-refractivity contribution < 1.29 is 0 Å². The summed E-state index contributed by atoms with van der Waals surface area (Å²) in [5.74, 6) is 1.20. The van der Waals surface area contributed by atoms with Crippen LogP contribution in [0.15, 0.2) is 24.3 Å². The number of hydrogen-bond acceptors (Lipinski definition) is 3. The Morgan fingerprint density at radius 1 is 1.04 bits per heavy atom. The van der Waals surface area contributed by atoms with Crippen molar-refractivity contribution in [3.05, 3.63) is 41.0 Å². The van der Waals surface area contributed by atoms with Crippen molar-refractivity contribution in [1.82, 2.24) is 9.38 Å². The number of nitriles is 1. The second-order valence-corrected chi connectivity index (χ2v) is 7.38. The van der Waals surface area contributed by atoms with Gasteiger partial charge in [0.15, 0.2) is 5.65 Å². The summed E-state index contributed by atoms with van der Waals surface area (Å²) in [6.07, 6.45) is 9.64. The minimum Gasteiger partial charge on any atom is -0.368 e. The lowest BCUT2D eigenvalue weighted by Crippen LogP contribution is -2.24. The molecule has 0 aliphatic heterocycles. The highest BCUT2D eigenvalue weighted by Crippen LogP contribution is 2.37. The first-order valence-electron chi connectivity index (χ1n) is 9.48. The van der Waals surface area contributed by atoms with Gasteiger partial charge in [-0.15, -0.1) is 0 Å². The van der Waals surface area contributed by atoms with Gasteiger partial charge < -0.3 is 5.32 Å². The van der Waals surface area contributed by atoms with E-state index in [0.717, 1.165) is 41.5 Å². The van der Waals surface area contributed by atoms with E-state index in [9.17, 15) is 5.26 Å². The minimum absolute atomic E-state index is 0.538. The normalized spacial score (nSPS) is 17.7. The first kappa shape index (κ1) is 14.8. The smallest absolute Gasteiger partial charge is 0.157 e. The molecule has 4 nitrogen and oxygen atoms in total. The third kappa shape index (κ3) is 2.22. The first-order chi connectivity index (χ1) is 12.4. The highest BCUT2D eigenvalue weighted by atomic mass is 15.1. The zero-order valence-corrected chi connectivity index (χ0v) is 14.4. The Hall–Kier alpha value is -2.54. The van der Waals surface area contributed by atoms with Gasteiger partial charge >= 0.3 is 0 Å². The van der Waals surface area contributed by atoms with E-state index in [1.807, 2.05) is 12.1 Å². The summed E-state index contributed by atoms with van der Waals surface area (Å²) in [6, 6.07) is 11.2. The van der Waals surface area contributed by atoms with Crippen molar-refractivity contribution in [3.8, 4) is 6.07 Å². The summed E-state index contributed by atoms with van der Waals surface area (Å²) >= 11 is 0. The summed E-state index contributed by atoms with van der Waals surface area (Å²) in [6.45, 7) is 0. The fraction of sp³-hybridized carbons (Fsp3) is 0.429. The van der Waals surface area contributed by atoms with E-state index in [-0.39, 0.29) is 0 Å². The number of para-hydroxylation sites is 2. The van der Waals surface area contributed by atoms with Gasteiger partial charge in [-0.1, -0.05) is 31.4 Å². The number of nitrogens with one attached hydrogen (secondary N) is 1. The predicted molar refractivity (Wildman–Crippen MR) is 99.9 cm³/mol. The van der Waals surface area contributed by atoms with Crippen LogP contribution < -0.4 is 5.32 Å². The number of fused-ring (bicyclic) bond motifs is 4. The molecule has 2 heterocycles. The molecule has 0 unspecified atom stereocenters. The minimum atomic E-state index is 0.538.